The average molecular weight is 301 g/mol. The van der Waals surface area contributed by atoms with E-state index >= 15 is 0 Å². The second-order valence-electron chi connectivity index (χ2n) is 3.97. The van der Waals surface area contributed by atoms with Crippen LogP contribution in [0.25, 0.3) is 0 Å². The van der Waals surface area contributed by atoms with Gasteiger partial charge in [0.05, 0.1) is 5.56 Å². The van der Waals surface area contributed by atoms with Crippen LogP contribution in [0.3, 0.4) is 0 Å². The molecule has 0 heterocycles. The third kappa shape index (κ3) is 2.80. The van der Waals surface area contributed by atoms with E-state index in [0.29, 0.717) is 10.5 Å². The number of hydrogen-bond donors (Lipinski definition) is 1. The molecular formula is C12H13BrO2S. The van der Waals surface area contributed by atoms with Crippen molar-refractivity contribution in [2.75, 3.05) is 0 Å². The van der Waals surface area contributed by atoms with Crippen molar-refractivity contribution in [1.29, 1.82) is 0 Å². The molecule has 0 amide bonds. The molecule has 16 heavy (non-hydrogen) atoms. The molecule has 86 valence electrons. The number of rotatable bonds is 2. The minimum absolute atomic E-state index is 0.101. The number of thiol groups is 1. The Kier molecular flexibility index (Phi) is 3.92. The first-order valence-electron chi connectivity index (χ1n) is 5.36. The Balaban J connectivity index is 2.08. The zero-order valence-corrected chi connectivity index (χ0v) is 11.3. The van der Waals surface area contributed by atoms with Gasteiger partial charge in [0.1, 0.15) is 6.10 Å². The van der Waals surface area contributed by atoms with Crippen LogP contribution in [0.4, 0.5) is 0 Å². The summed E-state index contributed by atoms with van der Waals surface area (Å²) in [5.74, 6) is -0.260. The van der Waals surface area contributed by atoms with E-state index in [4.69, 9.17) is 4.74 Å². The molecule has 0 aliphatic heterocycles. The predicted octanol–water partition coefficient (Wildman–Crippen LogP) is 3.84. The van der Waals surface area contributed by atoms with Crippen molar-refractivity contribution in [3.8, 4) is 0 Å². The first-order valence-corrected chi connectivity index (χ1v) is 6.60. The average Bonchev–Trinajstić information content (AvgIpc) is 2.70. The summed E-state index contributed by atoms with van der Waals surface area (Å²) >= 11 is 7.61. The third-order valence-electron chi connectivity index (χ3n) is 2.76. The van der Waals surface area contributed by atoms with E-state index in [0.717, 1.165) is 30.2 Å². The Morgan fingerprint density at radius 2 is 2.06 bits per heavy atom. The molecule has 4 heteroatoms. The summed E-state index contributed by atoms with van der Waals surface area (Å²) in [7, 11) is 0. The van der Waals surface area contributed by atoms with Gasteiger partial charge in [0.25, 0.3) is 0 Å². The molecule has 2 nitrogen and oxygen atoms in total. The third-order valence-corrected chi connectivity index (χ3v) is 3.62. The quantitative estimate of drug-likeness (QED) is 0.663. The molecule has 1 aliphatic rings. The highest BCUT2D eigenvalue weighted by atomic mass is 79.9. The Morgan fingerprint density at radius 3 is 2.69 bits per heavy atom. The summed E-state index contributed by atoms with van der Waals surface area (Å²) in [5.41, 5.74) is 0.540. The topological polar surface area (TPSA) is 26.3 Å². The second kappa shape index (κ2) is 5.23. The molecule has 0 aromatic heterocycles. The second-order valence-corrected chi connectivity index (χ2v) is 5.37. The standard InChI is InChI=1S/C12H13BrO2S/c13-8-5-6-10(11(16)7-8)12(14)15-9-3-1-2-4-9/h5-7,9,16H,1-4H2. The van der Waals surface area contributed by atoms with Gasteiger partial charge in [-0.05, 0) is 43.9 Å². The highest BCUT2D eigenvalue weighted by molar-refractivity contribution is 9.10. The van der Waals surface area contributed by atoms with Gasteiger partial charge in [0.15, 0.2) is 0 Å². The van der Waals surface area contributed by atoms with Crippen molar-refractivity contribution in [3.05, 3.63) is 28.2 Å². The highest BCUT2D eigenvalue weighted by Gasteiger charge is 2.21. The molecule has 1 saturated carbocycles. The Labute approximate surface area is 109 Å². The zero-order valence-electron chi connectivity index (χ0n) is 8.78. The molecule has 0 bridgehead atoms. The molecule has 1 aromatic carbocycles. The SMILES string of the molecule is O=C(OC1CCCC1)c1ccc(Br)cc1S. The molecule has 0 spiro atoms. The highest BCUT2D eigenvalue weighted by Crippen LogP contribution is 2.25. The number of halogens is 1. The van der Waals surface area contributed by atoms with E-state index in [1.165, 1.54) is 0 Å². The summed E-state index contributed by atoms with van der Waals surface area (Å²) in [4.78, 5) is 12.5. The number of hydrogen-bond acceptors (Lipinski definition) is 3. The van der Waals surface area contributed by atoms with Gasteiger partial charge in [0, 0.05) is 9.37 Å². The van der Waals surface area contributed by atoms with Gasteiger partial charge in [-0.15, -0.1) is 12.6 Å². The van der Waals surface area contributed by atoms with Crippen LogP contribution in [0.2, 0.25) is 0 Å². The van der Waals surface area contributed by atoms with E-state index < -0.39 is 0 Å². The first kappa shape index (κ1) is 12.0. The van der Waals surface area contributed by atoms with Crippen LogP contribution in [0.5, 0.6) is 0 Å². The molecule has 1 fully saturated rings. The van der Waals surface area contributed by atoms with Crippen LogP contribution in [-0.4, -0.2) is 12.1 Å². The summed E-state index contributed by atoms with van der Waals surface area (Å²) in [6.07, 6.45) is 4.40. The van der Waals surface area contributed by atoms with Gasteiger partial charge in [-0.1, -0.05) is 15.9 Å². The molecular weight excluding hydrogens is 288 g/mol. The largest absolute Gasteiger partial charge is 0.459 e. The van der Waals surface area contributed by atoms with Crippen molar-refractivity contribution in [3.63, 3.8) is 0 Å². The van der Waals surface area contributed by atoms with Crippen LogP contribution in [-0.2, 0) is 4.74 Å². The van der Waals surface area contributed by atoms with Crippen molar-refractivity contribution in [1.82, 2.24) is 0 Å². The molecule has 0 unspecified atom stereocenters. The van der Waals surface area contributed by atoms with Crippen LogP contribution < -0.4 is 0 Å². The van der Waals surface area contributed by atoms with E-state index in [-0.39, 0.29) is 12.1 Å². The van der Waals surface area contributed by atoms with Gasteiger partial charge in [0.2, 0.25) is 0 Å². The maximum Gasteiger partial charge on any atom is 0.339 e. The summed E-state index contributed by atoms with van der Waals surface area (Å²) in [6.45, 7) is 0. The Hall–Kier alpha value is -0.480. The van der Waals surface area contributed by atoms with Gasteiger partial charge < -0.3 is 4.74 Å². The maximum atomic E-state index is 11.8. The lowest BCUT2D eigenvalue weighted by molar-refractivity contribution is 0.0314. The van der Waals surface area contributed by atoms with Crippen LogP contribution in [0.15, 0.2) is 27.6 Å². The molecule has 2 rings (SSSR count). The minimum Gasteiger partial charge on any atom is -0.459 e. The van der Waals surface area contributed by atoms with Gasteiger partial charge in [-0.25, -0.2) is 4.79 Å². The smallest absolute Gasteiger partial charge is 0.339 e. The number of carbonyl (C=O) groups excluding carboxylic acids is 1. The Bertz CT molecular complexity index is 400. The fourth-order valence-electron chi connectivity index (χ4n) is 1.90. The molecule has 0 atom stereocenters. The van der Waals surface area contributed by atoms with E-state index in [9.17, 15) is 4.79 Å². The first-order chi connectivity index (χ1) is 7.66. The fourth-order valence-corrected chi connectivity index (χ4v) is 2.74. The Morgan fingerprint density at radius 1 is 1.38 bits per heavy atom. The summed E-state index contributed by atoms with van der Waals surface area (Å²) < 4.78 is 6.33. The minimum atomic E-state index is -0.260. The van der Waals surface area contributed by atoms with Crippen LogP contribution in [0.1, 0.15) is 36.0 Å². The monoisotopic (exact) mass is 300 g/mol. The lowest BCUT2D eigenvalue weighted by Gasteiger charge is -2.12. The normalized spacial score (nSPS) is 16.4. The van der Waals surface area contributed by atoms with Crippen molar-refractivity contribution in [2.24, 2.45) is 0 Å². The molecule has 0 saturated heterocycles. The number of carbonyl (C=O) groups is 1. The maximum absolute atomic E-state index is 11.8. The molecule has 1 aromatic rings. The zero-order chi connectivity index (χ0) is 11.5. The van der Waals surface area contributed by atoms with E-state index in [1.807, 2.05) is 6.07 Å². The molecule has 0 radical (unpaired) electrons. The van der Waals surface area contributed by atoms with Crippen LogP contribution >= 0.6 is 28.6 Å². The van der Waals surface area contributed by atoms with Crippen LogP contribution in [0, 0.1) is 0 Å². The van der Waals surface area contributed by atoms with Gasteiger partial charge >= 0.3 is 5.97 Å². The van der Waals surface area contributed by atoms with Gasteiger partial charge in [-0.3, -0.25) is 0 Å². The summed E-state index contributed by atoms with van der Waals surface area (Å²) in [5, 5.41) is 0. The molecule has 1 aliphatic carbocycles. The predicted molar refractivity (Wildman–Crippen MR) is 69.1 cm³/mol. The number of esters is 1. The van der Waals surface area contributed by atoms with Gasteiger partial charge in [-0.2, -0.15) is 0 Å². The number of ether oxygens (including phenoxy) is 1. The van der Waals surface area contributed by atoms with E-state index in [1.54, 1.807) is 12.1 Å². The lowest BCUT2D eigenvalue weighted by Crippen LogP contribution is -2.15. The van der Waals surface area contributed by atoms with Crippen molar-refractivity contribution in [2.45, 2.75) is 36.7 Å². The fraction of sp³-hybridized carbons (Fsp3) is 0.417. The molecule has 0 N–H and O–H groups in total. The lowest BCUT2D eigenvalue weighted by atomic mass is 10.2. The van der Waals surface area contributed by atoms with Crippen molar-refractivity contribution >= 4 is 34.5 Å². The summed E-state index contributed by atoms with van der Waals surface area (Å²) in [6, 6.07) is 5.36. The van der Waals surface area contributed by atoms with Crippen molar-refractivity contribution < 1.29 is 9.53 Å². The number of benzene rings is 1. The van der Waals surface area contributed by atoms with E-state index in [2.05, 4.69) is 28.6 Å².